The number of likely N-dealkylation sites (N-methyl/N-ethyl adjacent to an activating group) is 1. The van der Waals surface area contributed by atoms with Crippen LogP contribution in [0.25, 0.3) is 0 Å². The molecule has 0 aromatic rings. The van der Waals surface area contributed by atoms with Crippen molar-refractivity contribution in [1.82, 2.24) is 5.32 Å². The fourth-order valence-electron chi connectivity index (χ4n) is 9.40. The molecule has 77 heavy (non-hydrogen) atoms. The van der Waals surface area contributed by atoms with E-state index in [0.29, 0.717) is 17.4 Å². The standard InChI is InChI=1S/C67H125N2O7P/c1-7-10-13-16-19-22-25-28-30-31-32-33-34-35-36-37-39-42-45-48-51-54-57-60-67(71)76-65(58-55-52-49-46-43-40-27-24-21-18-15-12-9-3)64(63-75-77(72,73)74-62-61-69(4,5)6)68-66(70)59-56-53-50-47-44-41-38-29-26-23-20-17-14-11-8-2/h19,22,28,30,32-33,35-36,55,58,64-65H,7-18,20-21,23-27,29,31,34,37-54,56-57,59-63H2,1-6H3,(H-,68,70,72,73)/p+1/b22-19-,30-28-,33-32-,36-35-,58-55+. The first-order valence-electron chi connectivity index (χ1n) is 32.6. The van der Waals surface area contributed by atoms with E-state index in [2.05, 4.69) is 74.7 Å². The van der Waals surface area contributed by atoms with Gasteiger partial charge in [-0.1, -0.05) is 275 Å². The third-order valence-corrected chi connectivity index (χ3v) is 15.4. The molecule has 0 aliphatic carbocycles. The van der Waals surface area contributed by atoms with Gasteiger partial charge < -0.3 is 19.4 Å². The highest BCUT2D eigenvalue weighted by Crippen LogP contribution is 2.43. The predicted molar refractivity (Wildman–Crippen MR) is 332 cm³/mol. The van der Waals surface area contributed by atoms with Crippen LogP contribution in [0.4, 0.5) is 0 Å². The molecule has 3 atom stereocenters. The number of carbonyl (C=O) groups excluding carboxylic acids is 2. The molecule has 0 saturated heterocycles. The fraction of sp³-hybridized carbons (Fsp3) is 0.821. The minimum Gasteiger partial charge on any atom is -0.456 e. The smallest absolute Gasteiger partial charge is 0.456 e. The number of quaternary nitrogens is 1. The minimum atomic E-state index is -4.45. The molecule has 0 saturated carbocycles. The number of amides is 1. The minimum absolute atomic E-state index is 0.0386. The molecule has 450 valence electrons. The zero-order valence-electron chi connectivity index (χ0n) is 51.5. The second kappa shape index (κ2) is 57.0. The molecule has 0 fully saturated rings. The molecule has 0 spiro atoms. The first-order valence-corrected chi connectivity index (χ1v) is 34.1. The topological polar surface area (TPSA) is 111 Å². The molecule has 0 aliphatic rings. The van der Waals surface area contributed by atoms with Crippen molar-refractivity contribution in [1.29, 1.82) is 0 Å². The highest BCUT2D eigenvalue weighted by atomic mass is 31.2. The van der Waals surface area contributed by atoms with Gasteiger partial charge in [-0.15, -0.1) is 0 Å². The lowest BCUT2D eigenvalue weighted by Gasteiger charge is -2.27. The molecular formula is C67H126N2O7P+. The Labute approximate surface area is 477 Å². The largest absolute Gasteiger partial charge is 0.472 e. The maximum Gasteiger partial charge on any atom is 0.472 e. The number of esters is 1. The van der Waals surface area contributed by atoms with Gasteiger partial charge in [-0.3, -0.25) is 18.6 Å². The zero-order valence-corrected chi connectivity index (χ0v) is 52.3. The number of rotatable bonds is 59. The molecule has 0 rings (SSSR count). The number of allylic oxidation sites excluding steroid dienone is 9. The highest BCUT2D eigenvalue weighted by Gasteiger charge is 2.30. The number of carbonyl (C=O) groups is 2. The average molecular weight is 1100 g/mol. The van der Waals surface area contributed by atoms with E-state index in [1.165, 1.54) is 180 Å². The summed E-state index contributed by atoms with van der Waals surface area (Å²) in [5.41, 5.74) is 0. The summed E-state index contributed by atoms with van der Waals surface area (Å²) in [6.45, 7) is 7.01. The van der Waals surface area contributed by atoms with Gasteiger partial charge in [-0.2, -0.15) is 0 Å². The highest BCUT2D eigenvalue weighted by molar-refractivity contribution is 7.47. The second-order valence-electron chi connectivity index (χ2n) is 23.3. The molecule has 9 nitrogen and oxygen atoms in total. The zero-order chi connectivity index (χ0) is 56.4. The number of ether oxygens (including phenoxy) is 1. The van der Waals surface area contributed by atoms with Crippen molar-refractivity contribution in [2.45, 2.75) is 315 Å². The summed E-state index contributed by atoms with van der Waals surface area (Å²) in [4.78, 5) is 37.8. The van der Waals surface area contributed by atoms with E-state index < -0.39 is 20.0 Å². The molecule has 3 unspecified atom stereocenters. The van der Waals surface area contributed by atoms with Crippen LogP contribution in [0.15, 0.2) is 60.8 Å². The molecule has 0 aromatic carbocycles. The molecule has 0 aliphatic heterocycles. The van der Waals surface area contributed by atoms with Gasteiger partial charge in [0.25, 0.3) is 0 Å². The van der Waals surface area contributed by atoms with Gasteiger partial charge in [0.15, 0.2) is 0 Å². The van der Waals surface area contributed by atoms with E-state index >= 15 is 0 Å². The average Bonchev–Trinajstić information content (AvgIpc) is 3.39. The van der Waals surface area contributed by atoms with Crippen molar-refractivity contribution in [3.63, 3.8) is 0 Å². The fourth-order valence-corrected chi connectivity index (χ4v) is 10.1. The molecule has 0 aromatic heterocycles. The second-order valence-corrected chi connectivity index (χ2v) is 24.7. The lowest BCUT2D eigenvalue weighted by Crippen LogP contribution is -2.47. The summed E-state index contributed by atoms with van der Waals surface area (Å²) in [6.07, 6.45) is 72.1. The maximum atomic E-state index is 13.6. The van der Waals surface area contributed by atoms with Crippen LogP contribution in [-0.4, -0.2) is 74.3 Å². The number of unbranched alkanes of at least 4 members (excludes halogenated alkanes) is 35. The lowest BCUT2D eigenvalue weighted by molar-refractivity contribution is -0.870. The summed E-state index contributed by atoms with van der Waals surface area (Å²) < 4.78 is 30.7. The van der Waals surface area contributed by atoms with E-state index in [0.717, 1.165) is 89.9 Å². The third-order valence-electron chi connectivity index (χ3n) is 14.5. The van der Waals surface area contributed by atoms with Crippen molar-refractivity contribution in [2.75, 3.05) is 40.9 Å². The molecule has 10 heteroatoms. The lowest BCUT2D eigenvalue weighted by atomic mass is 10.0. The van der Waals surface area contributed by atoms with Gasteiger partial charge >= 0.3 is 13.8 Å². The summed E-state index contributed by atoms with van der Waals surface area (Å²) in [5.74, 6) is -0.507. The Morgan fingerprint density at radius 1 is 0.455 bits per heavy atom. The first-order chi connectivity index (χ1) is 37.4. The van der Waals surface area contributed by atoms with E-state index in [4.69, 9.17) is 13.8 Å². The SMILES string of the molecule is CCCCC/C=C\C/C=C\C/C=C\C/C=C\CCCCCCCCCC(=O)OC(/C=C/CCCCCCCCCCCCC)C(COP(=O)(O)OCC[N+](C)(C)C)NC(=O)CCCCCCCCCCCCCCCCC. The summed E-state index contributed by atoms with van der Waals surface area (Å²) in [6, 6.07) is -0.852. The van der Waals surface area contributed by atoms with E-state index in [1.54, 1.807) is 0 Å². The van der Waals surface area contributed by atoms with Crippen molar-refractivity contribution in [3.8, 4) is 0 Å². The first kappa shape index (κ1) is 74.7. The summed E-state index contributed by atoms with van der Waals surface area (Å²) in [7, 11) is 1.50. The maximum absolute atomic E-state index is 13.6. The van der Waals surface area contributed by atoms with Gasteiger partial charge in [0.1, 0.15) is 19.3 Å². The Balaban J connectivity index is 5.22. The number of nitrogens with zero attached hydrogens (tertiary/aromatic N) is 1. The van der Waals surface area contributed by atoms with Crippen LogP contribution in [0.3, 0.4) is 0 Å². The molecule has 0 heterocycles. The Morgan fingerprint density at radius 2 is 0.792 bits per heavy atom. The molecule has 0 bridgehead atoms. The van der Waals surface area contributed by atoms with E-state index in [9.17, 15) is 19.0 Å². The van der Waals surface area contributed by atoms with Gasteiger partial charge in [0, 0.05) is 12.8 Å². The Kier molecular flexibility index (Phi) is 55.3. The van der Waals surface area contributed by atoms with Crippen molar-refractivity contribution < 1.29 is 37.3 Å². The Morgan fingerprint density at radius 3 is 1.21 bits per heavy atom. The van der Waals surface area contributed by atoms with Gasteiger partial charge in [0.05, 0.1) is 33.8 Å². The summed E-state index contributed by atoms with van der Waals surface area (Å²) in [5, 5.41) is 3.06. The number of phosphoric ester groups is 1. The normalized spacial score (nSPS) is 14.0. The molecular weight excluding hydrogens is 976 g/mol. The van der Waals surface area contributed by atoms with Crippen molar-refractivity contribution >= 4 is 19.7 Å². The van der Waals surface area contributed by atoms with Crippen LogP contribution in [0.2, 0.25) is 0 Å². The number of hydrogen-bond donors (Lipinski definition) is 2. The molecule has 2 N–H and O–H groups in total. The van der Waals surface area contributed by atoms with Crippen LogP contribution in [0, 0.1) is 0 Å². The van der Waals surface area contributed by atoms with Gasteiger partial charge in [-0.25, -0.2) is 4.57 Å². The quantitative estimate of drug-likeness (QED) is 0.0205. The third kappa shape index (κ3) is 58.2. The van der Waals surface area contributed by atoms with Crippen LogP contribution >= 0.6 is 7.82 Å². The monoisotopic (exact) mass is 1100 g/mol. The molecule has 1 amide bonds. The number of hydrogen-bond acceptors (Lipinski definition) is 6. The molecule has 0 radical (unpaired) electrons. The van der Waals surface area contributed by atoms with Crippen LogP contribution in [0.1, 0.15) is 303 Å². The van der Waals surface area contributed by atoms with E-state index in [-0.39, 0.29) is 31.5 Å². The number of nitrogens with one attached hydrogen (secondary N) is 1. The van der Waals surface area contributed by atoms with Crippen LogP contribution in [0.5, 0.6) is 0 Å². The number of phosphoric acid groups is 1. The Bertz CT molecular complexity index is 1500. The van der Waals surface area contributed by atoms with Crippen molar-refractivity contribution in [2.24, 2.45) is 0 Å². The van der Waals surface area contributed by atoms with Crippen LogP contribution in [-0.2, 0) is 27.9 Å². The van der Waals surface area contributed by atoms with Gasteiger partial charge in [-0.05, 0) is 76.7 Å². The van der Waals surface area contributed by atoms with Crippen LogP contribution < -0.4 is 5.32 Å². The van der Waals surface area contributed by atoms with E-state index in [1.807, 2.05) is 33.3 Å². The van der Waals surface area contributed by atoms with Gasteiger partial charge in [0.2, 0.25) is 5.91 Å². The predicted octanol–water partition coefficient (Wildman–Crippen LogP) is 20.2. The Hall–Kier alpha value is -2.29. The van der Waals surface area contributed by atoms with Crippen molar-refractivity contribution in [3.05, 3.63) is 60.8 Å². The summed E-state index contributed by atoms with van der Waals surface area (Å²) >= 11 is 0.